The quantitative estimate of drug-likeness (QED) is 0.458. The first kappa shape index (κ1) is 22.9. The van der Waals surface area contributed by atoms with E-state index in [-0.39, 0.29) is 30.4 Å². The van der Waals surface area contributed by atoms with Gasteiger partial charge in [-0.3, -0.25) is 9.59 Å². The van der Waals surface area contributed by atoms with Crippen molar-refractivity contribution in [2.24, 2.45) is 5.92 Å². The zero-order valence-electron chi connectivity index (χ0n) is 18.8. The molecule has 3 aliphatic rings. The Morgan fingerprint density at radius 3 is 2.47 bits per heavy atom. The Kier molecular flexibility index (Phi) is 6.31. The molecule has 1 aliphatic carbocycles. The molecule has 0 N–H and O–H groups in total. The van der Waals surface area contributed by atoms with Crippen LogP contribution in [0.2, 0.25) is 0 Å². The van der Waals surface area contributed by atoms with Crippen LogP contribution in [0.15, 0.2) is 41.3 Å². The lowest BCUT2D eigenvalue weighted by Crippen LogP contribution is -2.40. The second kappa shape index (κ2) is 9.38. The van der Waals surface area contributed by atoms with E-state index in [1.165, 1.54) is 27.6 Å². The van der Waals surface area contributed by atoms with Crippen molar-refractivity contribution in [3.05, 3.63) is 53.1 Å². The molecule has 2 aliphatic heterocycles. The first-order valence-corrected chi connectivity index (χ1v) is 13.1. The highest BCUT2D eigenvalue weighted by atomic mass is 32.2. The van der Waals surface area contributed by atoms with Crippen LogP contribution in [0.4, 0.5) is 0 Å². The van der Waals surface area contributed by atoms with Crippen LogP contribution < -0.4 is 9.47 Å². The lowest BCUT2D eigenvalue weighted by Gasteiger charge is -2.30. The monoisotopic (exact) mass is 485 g/mol. The molecule has 2 aromatic carbocycles. The van der Waals surface area contributed by atoms with E-state index in [2.05, 4.69) is 0 Å². The van der Waals surface area contributed by atoms with E-state index in [1.807, 2.05) is 12.1 Å². The number of esters is 1. The largest absolute Gasteiger partial charge is 0.486 e. The molecule has 1 fully saturated rings. The normalized spacial score (nSPS) is 18.4. The van der Waals surface area contributed by atoms with Crippen LogP contribution in [0.1, 0.15) is 40.7 Å². The number of benzene rings is 2. The van der Waals surface area contributed by atoms with Crippen molar-refractivity contribution < 1.29 is 32.2 Å². The summed E-state index contributed by atoms with van der Waals surface area (Å²) >= 11 is 0. The number of ether oxygens (including phenoxy) is 3. The summed E-state index contributed by atoms with van der Waals surface area (Å²) in [6, 6.07) is 10.3. The van der Waals surface area contributed by atoms with Gasteiger partial charge in [-0.2, -0.15) is 4.31 Å². The molecule has 0 unspecified atom stereocenters. The third-order valence-corrected chi connectivity index (χ3v) is 8.60. The predicted molar refractivity (Wildman–Crippen MR) is 123 cm³/mol. The number of ketones is 1. The molecule has 0 saturated carbocycles. The Balaban J connectivity index is 1.15. The number of Topliss-reactive ketones (excluding diaryl/α,β-unsaturated/α-hetero) is 1. The molecule has 1 saturated heterocycles. The molecule has 0 spiro atoms. The summed E-state index contributed by atoms with van der Waals surface area (Å²) in [5.41, 5.74) is 3.05. The summed E-state index contributed by atoms with van der Waals surface area (Å²) in [5.74, 6) is -0.160. The van der Waals surface area contributed by atoms with E-state index < -0.39 is 21.9 Å². The van der Waals surface area contributed by atoms with Crippen molar-refractivity contribution in [3.8, 4) is 11.5 Å². The van der Waals surface area contributed by atoms with Crippen LogP contribution in [0, 0.1) is 5.92 Å². The second-order valence-corrected chi connectivity index (χ2v) is 10.8. The summed E-state index contributed by atoms with van der Waals surface area (Å²) in [5, 5.41) is 0. The van der Waals surface area contributed by atoms with Gasteiger partial charge < -0.3 is 14.2 Å². The van der Waals surface area contributed by atoms with Gasteiger partial charge in [-0.15, -0.1) is 0 Å². The fourth-order valence-electron chi connectivity index (χ4n) is 4.75. The molecule has 2 aromatic rings. The van der Waals surface area contributed by atoms with E-state index in [1.54, 1.807) is 12.1 Å². The molecule has 2 heterocycles. The van der Waals surface area contributed by atoms with Gasteiger partial charge in [0.1, 0.15) is 13.2 Å². The van der Waals surface area contributed by atoms with Crippen LogP contribution >= 0.6 is 0 Å². The van der Waals surface area contributed by atoms with Gasteiger partial charge in [0.25, 0.3) is 0 Å². The van der Waals surface area contributed by atoms with Crippen LogP contribution in [0.5, 0.6) is 11.5 Å². The highest BCUT2D eigenvalue weighted by Gasteiger charge is 2.33. The smallest absolute Gasteiger partial charge is 0.309 e. The summed E-state index contributed by atoms with van der Waals surface area (Å²) in [7, 11) is -3.72. The molecule has 0 amide bonds. The number of carbonyl (C=O) groups excluding carboxylic acids is 2. The third kappa shape index (κ3) is 4.54. The fraction of sp³-hybridized carbons (Fsp3) is 0.440. The van der Waals surface area contributed by atoms with E-state index in [0.29, 0.717) is 43.1 Å². The number of rotatable bonds is 6. The second-order valence-electron chi connectivity index (χ2n) is 8.85. The van der Waals surface area contributed by atoms with Gasteiger partial charge in [0.15, 0.2) is 23.9 Å². The number of hydrogen-bond donors (Lipinski definition) is 0. The van der Waals surface area contributed by atoms with Crippen molar-refractivity contribution in [1.29, 1.82) is 0 Å². The maximum atomic E-state index is 13.1. The summed E-state index contributed by atoms with van der Waals surface area (Å²) < 4.78 is 43.8. The molecule has 0 atom stereocenters. The van der Waals surface area contributed by atoms with Gasteiger partial charge in [-0.1, -0.05) is 12.1 Å². The van der Waals surface area contributed by atoms with E-state index in [0.717, 1.165) is 19.3 Å². The number of hydrogen-bond acceptors (Lipinski definition) is 7. The lowest BCUT2D eigenvalue weighted by molar-refractivity contribution is -0.148. The topological polar surface area (TPSA) is 99.2 Å². The third-order valence-electron chi connectivity index (χ3n) is 6.70. The highest BCUT2D eigenvalue weighted by molar-refractivity contribution is 7.89. The summed E-state index contributed by atoms with van der Waals surface area (Å²) in [6.45, 7) is 0.915. The van der Waals surface area contributed by atoms with Crippen LogP contribution in [0.25, 0.3) is 0 Å². The first-order valence-electron chi connectivity index (χ1n) is 11.6. The Hall–Kier alpha value is -2.91. The number of fused-ring (bicyclic) bond motifs is 2. The first-order chi connectivity index (χ1) is 16.4. The molecule has 0 aromatic heterocycles. The number of piperidine rings is 1. The zero-order chi connectivity index (χ0) is 23.7. The number of aryl methyl sites for hydroxylation is 2. The van der Waals surface area contributed by atoms with Gasteiger partial charge in [-0.25, -0.2) is 8.42 Å². The van der Waals surface area contributed by atoms with Gasteiger partial charge in [-0.05, 0) is 61.4 Å². The van der Waals surface area contributed by atoms with Gasteiger partial charge in [0.2, 0.25) is 10.0 Å². The number of nitrogens with zero attached hydrogens (tertiary/aromatic N) is 1. The fourth-order valence-corrected chi connectivity index (χ4v) is 6.23. The predicted octanol–water partition coefficient (Wildman–Crippen LogP) is 2.77. The number of sulfonamides is 1. The lowest BCUT2D eigenvalue weighted by atomic mass is 9.98. The van der Waals surface area contributed by atoms with Gasteiger partial charge in [0, 0.05) is 24.7 Å². The summed E-state index contributed by atoms with van der Waals surface area (Å²) in [6.07, 6.45) is 3.81. The molecule has 0 radical (unpaired) electrons. The van der Waals surface area contributed by atoms with Crippen molar-refractivity contribution in [2.45, 2.75) is 37.0 Å². The molecule has 8 nitrogen and oxygen atoms in total. The standard InChI is InChI=1S/C25H27NO7S/c27-22(20-5-4-17-2-1-3-19(17)14-20)16-33-25(28)18-8-10-26(11-9-18)34(29,30)21-6-7-23-24(15-21)32-13-12-31-23/h4-7,14-15,18H,1-3,8-13,16H2. The average Bonchev–Trinajstić information content (AvgIpc) is 3.35. The minimum Gasteiger partial charge on any atom is -0.486 e. The minimum absolute atomic E-state index is 0.137. The van der Waals surface area contributed by atoms with Crippen LogP contribution in [-0.2, 0) is 32.4 Å². The maximum absolute atomic E-state index is 13.1. The van der Waals surface area contributed by atoms with Gasteiger partial charge >= 0.3 is 5.97 Å². The highest BCUT2D eigenvalue weighted by Crippen LogP contribution is 2.34. The van der Waals surface area contributed by atoms with Crippen LogP contribution in [0.3, 0.4) is 0 Å². The zero-order valence-corrected chi connectivity index (χ0v) is 19.6. The molecule has 9 heteroatoms. The molecule has 180 valence electrons. The summed E-state index contributed by atoms with van der Waals surface area (Å²) in [4.78, 5) is 25.2. The van der Waals surface area contributed by atoms with E-state index in [4.69, 9.17) is 14.2 Å². The van der Waals surface area contributed by atoms with Crippen molar-refractivity contribution in [3.63, 3.8) is 0 Å². The number of carbonyl (C=O) groups is 2. The maximum Gasteiger partial charge on any atom is 0.309 e. The minimum atomic E-state index is -3.72. The Bertz CT molecular complexity index is 1220. The Labute approximate surface area is 198 Å². The molecule has 5 rings (SSSR count). The molecule has 0 bridgehead atoms. The van der Waals surface area contributed by atoms with Crippen molar-refractivity contribution >= 4 is 21.8 Å². The Morgan fingerprint density at radius 1 is 0.941 bits per heavy atom. The molecular weight excluding hydrogens is 458 g/mol. The van der Waals surface area contributed by atoms with Gasteiger partial charge in [0.05, 0.1) is 10.8 Å². The Morgan fingerprint density at radius 2 is 1.68 bits per heavy atom. The van der Waals surface area contributed by atoms with E-state index in [9.17, 15) is 18.0 Å². The molecule has 34 heavy (non-hydrogen) atoms. The van der Waals surface area contributed by atoms with Crippen molar-refractivity contribution in [1.82, 2.24) is 4.31 Å². The molecular formula is C25H27NO7S. The van der Waals surface area contributed by atoms with Crippen molar-refractivity contribution in [2.75, 3.05) is 32.9 Å². The van der Waals surface area contributed by atoms with E-state index >= 15 is 0 Å². The van der Waals surface area contributed by atoms with Crippen LogP contribution in [-0.4, -0.2) is 57.4 Å². The SMILES string of the molecule is O=C(COC(=O)C1CCN(S(=O)(=O)c2ccc3c(c2)OCCO3)CC1)c1ccc2c(c1)CCC2. The average molecular weight is 486 g/mol.